The van der Waals surface area contributed by atoms with E-state index >= 15 is 0 Å². The molecule has 1 aliphatic rings. The summed E-state index contributed by atoms with van der Waals surface area (Å²) in [6.07, 6.45) is -5.10. The van der Waals surface area contributed by atoms with Gasteiger partial charge in [-0.3, -0.25) is 30.3 Å². The fraction of sp³-hybridized carbons (Fsp3) is 0.250. The second-order valence-corrected chi connectivity index (χ2v) is 6.22. The zero-order chi connectivity index (χ0) is 21.5. The molecule has 0 unspecified atom stereocenters. The summed E-state index contributed by atoms with van der Waals surface area (Å²) < 4.78 is 40.8. The van der Waals surface area contributed by atoms with E-state index in [1.165, 1.54) is 18.2 Å². The van der Waals surface area contributed by atoms with Crippen LogP contribution in [0.5, 0.6) is 0 Å². The average Bonchev–Trinajstić information content (AvgIpc) is 2.64. The number of nitro groups is 3. The minimum absolute atomic E-state index is 0.0159. The predicted octanol–water partition coefficient (Wildman–Crippen LogP) is 3.99. The van der Waals surface area contributed by atoms with Gasteiger partial charge in [0, 0.05) is 30.8 Å². The summed E-state index contributed by atoms with van der Waals surface area (Å²) in [5.74, 6) is 0. The summed E-state index contributed by atoms with van der Waals surface area (Å²) in [6.45, 7) is -0.418. The zero-order valence-corrected chi connectivity index (χ0v) is 14.4. The number of nitro benzene ring substituents is 3. The Labute approximate surface area is 159 Å². The first-order valence-corrected chi connectivity index (χ1v) is 8.05. The van der Waals surface area contributed by atoms with Crippen molar-refractivity contribution in [2.45, 2.75) is 19.1 Å². The summed E-state index contributed by atoms with van der Waals surface area (Å²) in [4.78, 5) is 31.7. The maximum absolute atomic E-state index is 13.6. The molecule has 0 aliphatic carbocycles. The van der Waals surface area contributed by atoms with Crippen molar-refractivity contribution in [3.8, 4) is 0 Å². The monoisotopic (exact) mass is 412 g/mol. The molecule has 29 heavy (non-hydrogen) atoms. The highest BCUT2D eigenvalue weighted by atomic mass is 19.4. The number of fused-ring (bicyclic) bond motifs is 1. The first-order chi connectivity index (χ1) is 13.5. The van der Waals surface area contributed by atoms with Gasteiger partial charge in [0.1, 0.15) is 5.69 Å². The number of alkyl halides is 3. The summed E-state index contributed by atoms with van der Waals surface area (Å²) in [6, 6.07) is 4.86. The lowest BCUT2D eigenvalue weighted by Crippen LogP contribution is -2.33. The van der Waals surface area contributed by atoms with Crippen LogP contribution in [0.2, 0.25) is 0 Å². The lowest BCUT2D eigenvalue weighted by Gasteiger charge is -2.31. The van der Waals surface area contributed by atoms with E-state index in [4.69, 9.17) is 0 Å². The van der Waals surface area contributed by atoms with Gasteiger partial charge in [-0.1, -0.05) is 12.1 Å². The molecule has 0 N–H and O–H groups in total. The minimum atomic E-state index is -5.09. The number of rotatable bonds is 4. The van der Waals surface area contributed by atoms with Crippen molar-refractivity contribution < 1.29 is 27.9 Å². The molecular formula is C16H11F3N4O6. The van der Waals surface area contributed by atoms with Crippen molar-refractivity contribution in [2.75, 3.05) is 11.4 Å². The van der Waals surface area contributed by atoms with Crippen LogP contribution in [0.4, 0.5) is 35.9 Å². The van der Waals surface area contributed by atoms with Crippen LogP contribution in [0, 0.1) is 30.3 Å². The second kappa shape index (κ2) is 7.00. The zero-order valence-electron chi connectivity index (χ0n) is 14.4. The van der Waals surface area contributed by atoms with Crippen molar-refractivity contribution in [3.05, 3.63) is 77.4 Å². The molecule has 0 radical (unpaired) electrons. The first kappa shape index (κ1) is 20.0. The Hall–Kier alpha value is -3.77. The van der Waals surface area contributed by atoms with E-state index in [1.807, 2.05) is 0 Å². The fourth-order valence-corrected chi connectivity index (χ4v) is 3.35. The van der Waals surface area contributed by atoms with Crippen molar-refractivity contribution in [2.24, 2.45) is 0 Å². The molecule has 0 spiro atoms. The molecule has 152 valence electrons. The van der Waals surface area contributed by atoms with Gasteiger partial charge in [0.25, 0.3) is 17.1 Å². The fourth-order valence-electron chi connectivity index (χ4n) is 3.35. The Bertz CT molecular complexity index is 1040. The third-order valence-corrected chi connectivity index (χ3v) is 4.54. The van der Waals surface area contributed by atoms with Crippen LogP contribution in [0.3, 0.4) is 0 Å². The third kappa shape index (κ3) is 3.66. The molecule has 3 rings (SSSR count). The summed E-state index contributed by atoms with van der Waals surface area (Å²) in [5.41, 5.74) is -3.91. The van der Waals surface area contributed by atoms with Gasteiger partial charge in [0.05, 0.1) is 26.4 Å². The van der Waals surface area contributed by atoms with Gasteiger partial charge in [-0.25, -0.2) is 0 Å². The van der Waals surface area contributed by atoms with Gasteiger partial charge in [-0.15, -0.1) is 0 Å². The molecule has 0 amide bonds. The highest BCUT2D eigenvalue weighted by Gasteiger charge is 2.42. The average molecular weight is 412 g/mol. The predicted molar refractivity (Wildman–Crippen MR) is 92.6 cm³/mol. The van der Waals surface area contributed by atoms with Crippen LogP contribution in [-0.4, -0.2) is 21.3 Å². The van der Waals surface area contributed by atoms with Gasteiger partial charge >= 0.3 is 6.18 Å². The molecule has 0 bridgehead atoms. The molecule has 0 saturated heterocycles. The summed E-state index contributed by atoms with van der Waals surface area (Å²) in [5, 5.41) is 33.5. The molecule has 1 aliphatic heterocycles. The van der Waals surface area contributed by atoms with Crippen LogP contribution in [-0.2, 0) is 19.1 Å². The largest absolute Gasteiger partial charge is 0.418 e. The molecular weight excluding hydrogens is 401 g/mol. The Morgan fingerprint density at radius 1 is 0.931 bits per heavy atom. The van der Waals surface area contributed by atoms with Crippen LogP contribution < -0.4 is 4.90 Å². The maximum atomic E-state index is 13.6. The SMILES string of the molecule is O=[N+]([O-])c1cc([N+](=O)[O-])c(N2CCc3c(cccc3[N+](=O)[O-])C2)c(C(F)(F)F)c1. The molecule has 10 nitrogen and oxygen atoms in total. The Balaban J connectivity index is 2.18. The van der Waals surface area contributed by atoms with Gasteiger partial charge in [-0.05, 0) is 12.0 Å². The summed E-state index contributed by atoms with van der Waals surface area (Å²) in [7, 11) is 0. The van der Waals surface area contributed by atoms with Gasteiger partial charge in [-0.2, -0.15) is 13.2 Å². The highest BCUT2D eigenvalue weighted by molar-refractivity contribution is 5.73. The molecule has 0 fully saturated rings. The second-order valence-electron chi connectivity index (χ2n) is 6.22. The smallest absolute Gasteiger partial charge is 0.361 e. The maximum Gasteiger partial charge on any atom is 0.418 e. The number of anilines is 1. The molecule has 2 aromatic rings. The van der Waals surface area contributed by atoms with Crippen molar-refractivity contribution in [1.82, 2.24) is 0 Å². The number of non-ortho nitro benzene ring substituents is 1. The number of hydrogen-bond acceptors (Lipinski definition) is 7. The van der Waals surface area contributed by atoms with E-state index in [0.29, 0.717) is 17.2 Å². The topological polar surface area (TPSA) is 133 Å². The van der Waals surface area contributed by atoms with E-state index in [-0.39, 0.29) is 31.3 Å². The number of halogens is 3. The van der Waals surface area contributed by atoms with Crippen LogP contribution in [0.1, 0.15) is 16.7 Å². The Kier molecular flexibility index (Phi) is 4.82. The molecule has 0 atom stereocenters. The van der Waals surface area contributed by atoms with E-state index in [1.54, 1.807) is 0 Å². The molecule has 0 aromatic heterocycles. The lowest BCUT2D eigenvalue weighted by molar-refractivity contribution is -0.394. The molecule has 0 saturated carbocycles. The van der Waals surface area contributed by atoms with Crippen molar-refractivity contribution in [1.29, 1.82) is 0 Å². The normalized spacial score (nSPS) is 13.7. The molecule has 13 heteroatoms. The van der Waals surface area contributed by atoms with Crippen LogP contribution >= 0.6 is 0 Å². The van der Waals surface area contributed by atoms with E-state index < -0.39 is 43.6 Å². The number of hydrogen-bond donors (Lipinski definition) is 0. The Morgan fingerprint density at radius 3 is 2.14 bits per heavy atom. The van der Waals surface area contributed by atoms with Crippen molar-refractivity contribution in [3.63, 3.8) is 0 Å². The Morgan fingerprint density at radius 2 is 1.59 bits per heavy atom. The molecule has 1 heterocycles. The number of benzene rings is 2. The third-order valence-electron chi connectivity index (χ3n) is 4.54. The van der Waals surface area contributed by atoms with Gasteiger partial charge in [0.15, 0.2) is 0 Å². The van der Waals surface area contributed by atoms with Gasteiger partial charge in [0.2, 0.25) is 0 Å². The molecule has 2 aromatic carbocycles. The lowest BCUT2D eigenvalue weighted by atomic mass is 9.96. The quantitative estimate of drug-likeness (QED) is 0.548. The summed E-state index contributed by atoms with van der Waals surface area (Å²) >= 11 is 0. The van der Waals surface area contributed by atoms with Gasteiger partial charge < -0.3 is 4.90 Å². The van der Waals surface area contributed by atoms with E-state index in [2.05, 4.69) is 0 Å². The van der Waals surface area contributed by atoms with Crippen molar-refractivity contribution >= 4 is 22.7 Å². The van der Waals surface area contributed by atoms with Crippen LogP contribution in [0.15, 0.2) is 30.3 Å². The highest BCUT2D eigenvalue weighted by Crippen LogP contribution is 2.46. The standard InChI is InChI=1S/C16H11F3N4O6/c17-16(18,19)12-6-10(21(24)25)7-14(23(28)29)15(12)20-5-4-11-9(8-20)2-1-3-13(11)22(26)27/h1-3,6-7H,4-5,8H2. The number of nitrogens with zero attached hydrogens (tertiary/aromatic N) is 4. The first-order valence-electron chi connectivity index (χ1n) is 8.05. The van der Waals surface area contributed by atoms with E-state index in [9.17, 15) is 43.5 Å². The minimum Gasteiger partial charge on any atom is -0.361 e. The van der Waals surface area contributed by atoms with Crippen LogP contribution in [0.25, 0.3) is 0 Å². The van der Waals surface area contributed by atoms with E-state index in [0.717, 1.165) is 4.90 Å².